The smallest absolute Gasteiger partial charge is 0.253 e. The number of hydrogen-bond acceptors (Lipinski definition) is 3. The van der Waals surface area contributed by atoms with E-state index in [2.05, 4.69) is 0 Å². The summed E-state index contributed by atoms with van der Waals surface area (Å²) in [4.78, 5) is 43.4. The fourth-order valence-electron chi connectivity index (χ4n) is 4.84. The average molecular weight is 468 g/mol. The lowest BCUT2D eigenvalue weighted by Crippen LogP contribution is -2.53. The van der Waals surface area contributed by atoms with Crippen LogP contribution >= 0.6 is 11.6 Å². The predicted octanol–water partition coefficient (Wildman–Crippen LogP) is 3.37. The molecule has 0 saturated heterocycles. The molecule has 1 aliphatic carbocycles. The molecule has 1 aliphatic heterocycles. The van der Waals surface area contributed by atoms with Crippen LogP contribution in [0.4, 0.5) is 0 Å². The second kappa shape index (κ2) is 9.02. The summed E-state index contributed by atoms with van der Waals surface area (Å²) in [5.41, 5.74) is 5.26. The number of likely N-dealkylation sites (N-methyl/N-ethyl adjacent to an activating group) is 1. The Morgan fingerprint density at radius 2 is 1.70 bits per heavy atom. The first kappa shape index (κ1) is 20.5. The molecule has 0 aromatic heterocycles. The molecule has 0 radical (unpaired) electrons. The summed E-state index contributed by atoms with van der Waals surface area (Å²) in [5, 5.41) is 0. The van der Waals surface area contributed by atoms with Gasteiger partial charge in [-0.05, 0) is 46.4 Å². The number of nitrogens with zero attached hydrogens (tertiary/aromatic N) is 3. The van der Waals surface area contributed by atoms with Gasteiger partial charge in [0.2, 0.25) is 11.8 Å². The molecule has 0 fully saturated rings. The van der Waals surface area contributed by atoms with Crippen LogP contribution in [0.5, 0.6) is 0 Å². The van der Waals surface area contributed by atoms with E-state index in [1.807, 2.05) is 24.3 Å². The standard InChI is InChI=1S/C26H28ClN3O3/c1-28(2)25(32)17-11-9-16(10-12-17)24-21-13-18-7-5-6-8-19(18)20(21)14-22(26(33)29(3)4)30(24)23(31)15-27/h5-12,22,24H,13-15H2,1-4H3/t22-,24+/m1/s1/i15D2. The van der Waals surface area contributed by atoms with Gasteiger partial charge in [0.25, 0.3) is 5.91 Å². The van der Waals surface area contributed by atoms with E-state index in [9.17, 15) is 14.4 Å². The van der Waals surface area contributed by atoms with Crippen LogP contribution in [-0.2, 0) is 16.0 Å². The van der Waals surface area contributed by atoms with Crippen LogP contribution in [0.3, 0.4) is 0 Å². The van der Waals surface area contributed by atoms with E-state index in [4.69, 9.17) is 14.3 Å². The highest BCUT2D eigenvalue weighted by Crippen LogP contribution is 2.49. The first-order valence-electron chi connectivity index (χ1n) is 11.8. The van der Waals surface area contributed by atoms with Crippen molar-refractivity contribution in [3.63, 3.8) is 0 Å². The van der Waals surface area contributed by atoms with Gasteiger partial charge in [0.15, 0.2) is 0 Å². The predicted molar refractivity (Wildman–Crippen MR) is 129 cm³/mol. The fourth-order valence-corrected chi connectivity index (χ4v) is 4.93. The largest absolute Gasteiger partial charge is 0.347 e. The monoisotopic (exact) mass is 467 g/mol. The zero-order valence-electron chi connectivity index (χ0n) is 21.1. The van der Waals surface area contributed by atoms with Gasteiger partial charge in [0.1, 0.15) is 11.9 Å². The van der Waals surface area contributed by atoms with E-state index in [0.29, 0.717) is 17.5 Å². The second-order valence-electron chi connectivity index (χ2n) is 8.82. The highest BCUT2D eigenvalue weighted by atomic mass is 35.5. The SMILES string of the molecule is [2H]C([2H])(Cl)C(=O)N1[C@@H](C(=O)N(C)C)CC2=C(Cc3ccccc32)[C@@H]1c1ccc(C(=O)N(C)C)cc1. The minimum Gasteiger partial charge on any atom is -0.347 e. The number of fused-ring (bicyclic) bond motifs is 2. The Labute approximate surface area is 202 Å². The molecule has 1 heterocycles. The second-order valence-corrected chi connectivity index (χ2v) is 9.01. The first-order chi connectivity index (χ1) is 16.4. The van der Waals surface area contributed by atoms with Gasteiger partial charge in [-0.1, -0.05) is 36.4 Å². The molecule has 7 heteroatoms. The molecule has 2 aliphatic rings. The molecule has 0 unspecified atom stereocenters. The topological polar surface area (TPSA) is 60.9 Å². The maximum Gasteiger partial charge on any atom is 0.253 e. The summed E-state index contributed by atoms with van der Waals surface area (Å²) >= 11 is 5.90. The van der Waals surface area contributed by atoms with Crippen molar-refractivity contribution in [3.8, 4) is 0 Å². The number of carbonyl (C=O) groups is 3. The molecule has 3 amide bonds. The minimum atomic E-state index is -2.69. The Hall–Kier alpha value is -3.12. The van der Waals surface area contributed by atoms with Gasteiger partial charge in [-0.2, -0.15) is 0 Å². The van der Waals surface area contributed by atoms with Crippen LogP contribution in [0.1, 0.15) is 42.3 Å². The molecule has 0 N–H and O–H groups in total. The maximum atomic E-state index is 13.4. The highest BCUT2D eigenvalue weighted by Gasteiger charge is 2.45. The van der Waals surface area contributed by atoms with Crippen LogP contribution in [0.2, 0.25) is 0 Å². The summed E-state index contributed by atoms with van der Waals surface area (Å²) in [6, 6.07) is 13.2. The molecule has 2 aromatic carbocycles. The lowest BCUT2D eigenvalue weighted by molar-refractivity contribution is -0.145. The first-order valence-corrected chi connectivity index (χ1v) is 11.1. The van der Waals surface area contributed by atoms with Crippen molar-refractivity contribution in [3.05, 3.63) is 76.4 Å². The maximum absolute atomic E-state index is 13.4. The number of alkyl halides is 1. The van der Waals surface area contributed by atoms with Crippen LogP contribution in [-0.4, -0.2) is 72.5 Å². The van der Waals surface area contributed by atoms with Crippen molar-refractivity contribution in [2.75, 3.05) is 34.0 Å². The zero-order chi connectivity index (χ0) is 25.7. The molecular formula is C26H28ClN3O3. The third kappa shape index (κ3) is 4.04. The lowest BCUT2D eigenvalue weighted by Gasteiger charge is -2.43. The lowest BCUT2D eigenvalue weighted by atomic mass is 9.84. The summed E-state index contributed by atoms with van der Waals surface area (Å²) in [7, 11) is 6.57. The average Bonchev–Trinajstić information content (AvgIpc) is 3.19. The van der Waals surface area contributed by atoms with Gasteiger partial charge in [-0.25, -0.2) is 0 Å². The highest BCUT2D eigenvalue weighted by molar-refractivity contribution is 6.27. The molecule has 33 heavy (non-hydrogen) atoms. The number of halogens is 1. The van der Waals surface area contributed by atoms with Gasteiger partial charge in [-0.3, -0.25) is 14.4 Å². The Bertz CT molecular complexity index is 1220. The summed E-state index contributed by atoms with van der Waals surface area (Å²) in [6.45, 7) is 0. The quantitative estimate of drug-likeness (QED) is 0.648. The van der Waals surface area contributed by atoms with Gasteiger partial charge in [0, 0.05) is 40.2 Å². The Balaban J connectivity index is 1.91. The van der Waals surface area contributed by atoms with Crippen molar-refractivity contribution < 1.29 is 17.1 Å². The van der Waals surface area contributed by atoms with Gasteiger partial charge < -0.3 is 14.7 Å². The molecule has 0 spiro atoms. The van der Waals surface area contributed by atoms with E-state index < -0.39 is 23.8 Å². The number of hydrogen-bond donors (Lipinski definition) is 0. The summed E-state index contributed by atoms with van der Waals surface area (Å²) in [6.07, 6.45) is 0.849. The number of carbonyl (C=O) groups excluding carboxylic acids is 3. The van der Waals surface area contributed by atoms with Gasteiger partial charge in [-0.15, -0.1) is 11.6 Å². The van der Waals surface area contributed by atoms with Crippen molar-refractivity contribution in [1.29, 1.82) is 0 Å². The number of rotatable bonds is 4. The molecule has 172 valence electrons. The fraction of sp³-hybridized carbons (Fsp3) is 0.346. The number of amides is 3. The molecule has 2 aromatic rings. The van der Waals surface area contributed by atoms with Crippen molar-refractivity contribution >= 4 is 34.9 Å². The normalized spacial score (nSPS) is 20.5. The third-order valence-corrected chi connectivity index (χ3v) is 6.53. The van der Waals surface area contributed by atoms with Crippen molar-refractivity contribution in [2.24, 2.45) is 0 Å². The Morgan fingerprint density at radius 3 is 2.30 bits per heavy atom. The van der Waals surface area contributed by atoms with E-state index in [1.54, 1.807) is 52.5 Å². The van der Waals surface area contributed by atoms with Crippen LogP contribution in [0.15, 0.2) is 54.1 Å². The molecule has 6 nitrogen and oxygen atoms in total. The van der Waals surface area contributed by atoms with E-state index >= 15 is 0 Å². The van der Waals surface area contributed by atoms with E-state index in [0.717, 1.165) is 22.3 Å². The molecule has 0 bridgehead atoms. The van der Waals surface area contributed by atoms with Crippen LogP contribution < -0.4 is 0 Å². The van der Waals surface area contributed by atoms with Gasteiger partial charge >= 0.3 is 0 Å². The van der Waals surface area contributed by atoms with Crippen LogP contribution in [0, 0.1) is 0 Å². The van der Waals surface area contributed by atoms with E-state index in [1.165, 1.54) is 14.7 Å². The molecule has 4 rings (SSSR count). The van der Waals surface area contributed by atoms with E-state index in [-0.39, 0.29) is 18.2 Å². The van der Waals surface area contributed by atoms with Gasteiger partial charge in [0.05, 0.1) is 8.78 Å². The Morgan fingerprint density at radius 1 is 1.03 bits per heavy atom. The molecular weight excluding hydrogens is 438 g/mol. The third-order valence-electron chi connectivity index (χ3n) is 6.37. The van der Waals surface area contributed by atoms with Crippen molar-refractivity contribution in [1.82, 2.24) is 14.7 Å². The minimum absolute atomic E-state index is 0.154. The number of benzene rings is 2. The van der Waals surface area contributed by atoms with Crippen LogP contribution in [0.25, 0.3) is 5.57 Å². The summed E-state index contributed by atoms with van der Waals surface area (Å²) < 4.78 is 15.9. The Kier molecular flexibility index (Phi) is 5.60. The summed E-state index contributed by atoms with van der Waals surface area (Å²) in [5.74, 6) is -4.10. The van der Waals surface area contributed by atoms with Crippen molar-refractivity contribution in [2.45, 2.75) is 24.9 Å². The molecule has 0 saturated carbocycles. The molecule has 2 atom stereocenters. The zero-order valence-corrected chi connectivity index (χ0v) is 19.9.